The Kier molecular flexibility index (Phi) is 7.62. The first kappa shape index (κ1) is 22.6. The van der Waals surface area contributed by atoms with Gasteiger partial charge in [-0.15, -0.1) is 6.42 Å². The van der Waals surface area contributed by atoms with Gasteiger partial charge in [0, 0.05) is 24.7 Å². The molecular formula is C24H24N4O4. The third-order valence-corrected chi connectivity index (χ3v) is 4.73. The van der Waals surface area contributed by atoms with Crippen LogP contribution in [0.25, 0.3) is 21.9 Å². The van der Waals surface area contributed by atoms with Gasteiger partial charge in [0.05, 0.1) is 6.61 Å². The van der Waals surface area contributed by atoms with E-state index in [4.69, 9.17) is 11.2 Å². The van der Waals surface area contributed by atoms with E-state index < -0.39 is 6.09 Å². The summed E-state index contributed by atoms with van der Waals surface area (Å²) < 4.78 is 4.85. The van der Waals surface area contributed by atoms with Crippen LogP contribution in [0.4, 0.5) is 15.4 Å². The number of amides is 3. The molecule has 0 bridgehead atoms. The molecule has 0 atom stereocenters. The molecule has 164 valence electrons. The number of fused-ring (bicyclic) bond motifs is 1. The van der Waals surface area contributed by atoms with Gasteiger partial charge >= 0.3 is 12.1 Å². The molecule has 8 nitrogen and oxygen atoms in total. The van der Waals surface area contributed by atoms with Gasteiger partial charge in [0.25, 0.3) is 0 Å². The standard InChI is InChI=1S/C24H24N4O4/c1-3-11-32-24(31)27-13-18-9-10-19(17-7-5-16(15-29)6-8-17)20-12-22(26-14-21(18)20)28-23(30)25-4-2/h1,5-10,12,14,29H,4,11,13,15H2,2H3,(H,27,31)(H2,25,26,28,30). The molecule has 0 aliphatic rings. The summed E-state index contributed by atoms with van der Waals surface area (Å²) in [5.74, 6) is 2.64. The van der Waals surface area contributed by atoms with Crippen LogP contribution in [0.3, 0.4) is 0 Å². The van der Waals surface area contributed by atoms with E-state index in [0.29, 0.717) is 12.4 Å². The second-order valence-electron chi connectivity index (χ2n) is 6.86. The molecule has 0 spiro atoms. The number of hydrogen-bond acceptors (Lipinski definition) is 5. The quantitative estimate of drug-likeness (QED) is 0.428. The summed E-state index contributed by atoms with van der Waals surface area (Å²) >= 11 is 0. The van der Waals surface area contributed by atoms with Gasteiger partial charge in [0.2, 0.25) is 0 Å². The Morgan fingerprint density at radius 2 is 1.91 bits per heavy atom. The van der Waals surface area contributed by atoms with Crippen LogP contribution in [-0.2, 0) is 17.9 Å². The maximum absolute atomic E-state index is 11.9. The largest absolute Gasteiger partial charge is 0.436 e. The summed E-state index contributed by atoms with van der Waals surface area (Å²) in [6.45, 7) is 2.40. The topological polar surface area (TPSA) is 113 Å². The molecule has 0 saturated carbocycles. The number of carbonyl (C=O) groups excluding carboxylic acids is 2. The lowest BCUT2D eigenvalue weighted by Gasteiger charge is -2.14. The molecule has 2 aromatic carbocycles. The molecule has 32 heavy (non-hydrogen) atoms. The molecule has 1 aromatic heterocycles. The fraction of sp³-hybridized carbons (Fsp3) is 0.208. The number of alkyl carbamates (subject to hydrolysis) is 1. The van der Waals surface area contributed by atoms with Crippen LogP contribution in [0.2, 0.25) is 0 Å². The number of terminal acetylenes is 1. The van der Waals surface area contributed by atoms with Gasteiger partial charge in [-0.1, -0.05) is 42.3 Å². The van der Waals surface area contributed by atoms with Crippen molar-refractivity contribution in [3.8, 4) is 23.5 Å². The first-order chi connectivity index (χ1) is 15.5. The molecule has 3 rings (SSSR count). The highest BCUT2D eigenvalue weighted by Crippen LogP contribution is 2.32. The maximum Gasteiger partial charge on any atom is 0.408 e. The number of nitrogens with one attached hydrogen (secondary N) is 3. The number of hydrogen-bond donors (Lipinski definition) is 4. The van der Waals surface area contributed by atoms with Crippen molar-refractivity contribution in [1.82, 2.24) is 15.6 Å². The van der Waals surface area contributed by atoms with Crippen molar-refractivity contribution in [3.05, 3.63) is 59.8 Å². The maximum atomic E-state index is 11.9. The summed E-state index contributed by atoms with van der Waals surface area (Å²) in [5.41, 5.74) is 3.50. The molecule has 1 heterocycles. The lowest BCUT2D eigenvalue weighted by atomic mass is 9.95. The van der Waals surface area contributed by atoms with Crippen LogP contribution in [0.5, 0.6) is 0 Å². The number of urea groups is 1. The van der Waals surface area contributed by atoms with Crippen molar-refractivity contribution < 1.29 is 19.4 Å². The third kappa shape index (κ3) is 5.53. The van der Waals surface area contributed by atoms with Crippen molar-refractivity contribution >= 4 is 28.7 Å². The zero-order valence-corrected chi connectivity index (χ0v) is 17.6. The first-order valence-electron chi connectivity index (χ1n) is 10.1. The zero-order valence-electron chi connectivity index (χ0n) is 17.6. The van der Waals surface area contributed by atoms with Crippen molar-refractivity contribution in [2.75, 3.05) is 18.5 Å². The Morgan fingerprint density at radius 1 is 1.12 bits per heavy atom. The number of aromatic nitrogens is 1. The molecule has 3 aromatic rings. The molecule has 0 aliphatic heterocycles. The number of rotatable bonds is 7. The fourth-order valence-corrected chi connectivity index (χ4v) is 3.21. The van der Waals surface area contributed by atoms with E-state index in [-0.39, 0.29) is 25.8 Å². The fourth-order valence-electron chi connectivity index (χ4n) is 3.21. The Morgan fingerprint density at radius 3 is 2.59 bits per heavy atom. The number of aliphatic hydroxyl groups is 1. The van der Waals surface area contributed by atoms with E-state index in [2.05, 4.69) is 26.9 Å². The van der Waals surface area contributed by atoms with Crippen molar-refractivity contribution in [1.29, 1.82) is 0 Å². The monoisotopic (exact) mass is 432 g/mol. The third-order valence-electron chi connectivity index (χ3n) is 4.73. The molecule has 0 saturated heterocycles. The van der Waals surface area contributed by atoms with Crippen molar-refractivity contribution in [3.63, 3.8) is 0 Å². The summed E-state index contributed by atoms with van der Waals surface area (Å²) in [6.07, 6.45) is 6.15. The Bertz CT molecular complexity index is 1150. The van der Waals surface area contributed by atoms with E-state index in [9.17, 15) is 14.7 Å². The average Bonchev–Trinajstić information content (AvgIpc) is 2.81. The molecule has 0 aliphatic carbocycles. The number of pyridine rings is 1. The minimum atomic E-state index is -0.609. The van der Waals surface area contributed by atoms with Crippen LogP contribution >= 0.6 is 0 Å². The molecule has 0 unspecified atom stereocenters. The van der Waals surface area contributed by atoms with Crippen LogP contribution in [-0.4, -0.2) is 35.4 Å². The summed E-state index contributed by atoms with van der Waals surface area (Å²) in [7, 11) is 0. The predicted octanol–water partition coefficient (Wildman–Crippen LogP) is 3.39. The number of benzene rings is 2. The number of anilines is 1. The summed E-state index contributed by atoms with van der Waals surface area (Å²) in [6, 6.07) is 12.8. The highest BCUT2D eigenvalue weighted by atomic mass is 16.5. The van der Waals surface area contributed by atoms with Crippen LogP contribution < -0.4 is 16.0 Å². The Labute approximate surface area is 186 Å². The van der Waals surface area contributed by atoms with Gasteiger partial charge in [0.1, 0.15) is 5.82 Å². The molecular weight excluding hydrogens is 408 g/mol. The van der Waals surface area contributed by atoms with E-state index in [1.807, 2.05) is 43.3 Å². The van der Waals surface area contributed by atoms with Gasteiger partial charge in [-0.3, -0.25) is 5.32 Å². The van der Waals surface area contributed by atoms with E-state index >= 15 is 0 Å². The lowest BCUT2D eigenvalue weighted by molar-refractivity contribution is 0.159. The number of nitrogens with zero attached hydrogens (tertiary/aromatic N) is 1. The SMILES string of the molecule is C#CCOC(=O)NCc1ccc(-c2ccc(CO)cc2)c2cc(NC(=O)NCC)ncc12. The number of carbonyl (C=O) groups is 2. The van der Waals surface area contributed by atoms with Gasteiger partial charge in [-0.25, -0.2) is 14.6 Å². The molecule has 0 radical (unpaired) electrons. The molecule has 3 amide bonds. The van der Waals surface area contributed by atoms with Gasteiger partial charge in [-0.2, -0.15) is 0 Å². The lowest BCUT2D eigenvalue weighted by Crippen LogP contribution is -2.28. The van der Waals surface area contributed by atoms with Gasteiger partial charge in [-0.05, 0) is 40.6 Å². The van der Waals surface area contributed by atoms with Crippen LogP contribution in [0.15, 0.2) is 48.7 Å². The Hall–Kier alpha value is -4.09. The highest BCUT2D eigenvalue weighted by molar-refractivity contribution is 6.01. The molecule has 8 heteroatoms. The molecule has 0 fully saturated rings. The second-order valence-corrected chi connectivity index (χ2v) is 6.86. The van der Waals surface area contributed by atoms with E-state index in [1.165, 1.54) is 0 Å². The molecule has 4 N–H and O–H groups in total. The minimum absolute atomic E-state index is 0.0358. The van der Waals surface area contributed by atoms with Crippen molar-refractivity contribution in [2.24, 2.45) is 0 Å². The summed E-state index contributed by atoms with van der Waals surface area (Å²) in [4.78, 5) is 28.1. The Balaban J connectivity index is 2.00. The number of aliphatic hydroxyl groups excluding tert-OH is 1. The summed E-state index contributed by atoms with van der Waals surface area (Å²) in [5, 5.41) is 19.0. The average molecular weight is 432 g/mol. The normalized spacial score (nSPS) is 10.3. The van der Waals surface area contributed by atoms with Gasteiger partial charge < -0.3 is 20.5 Å². The number of ether oxygens (including phenoxy) is 1. The van der Waals surface area contributed by atoms with Crippen LogP contribution in [0, 0.1) is 12.3 Å². The highest BCUT2D eigenvalue weighted by Gasteiger charge is 2.12. The van der Waals surface area contributed by atoms with Gasteiger partial charge in [0.15, 0.2) is 6.61 Å². The first-order valence-corrected chi connectivity index (χ1v) is 10.1. The van der Waals surface area contributed by atoms with Crippen LogP contribution in [0.1, 0.15) is 18.1 Å². The van der Waals surface area contributed by atoms with Crippen molar-refractivity contribution in [2.45, 2.75) is 20.1 Å². The second kappa shape index (κ2) is 10.8. The van der Waals surface area contributed by atoms with E-state index in [0.717, 1.165) is 33.0 Å². The minimum Gasteiger partial charge on any atom is -0.436 e. The zero-order chi connectivity index (χ0) is 22.9. The smallest absolute Gasteiger partial charge is 0.408 e. The predicted molar refractivity (Wildman–Crippen MR) is 123 cm³/mol. The van der Waals surface area contributed by atoms with E-state index in [1.54, 1.807) is 12.3 Å².